The highest BCUT2D eigenvalue weighted by Gasteiger charge is 2.32. The van der Waals surface area contributed by atoms with E-state index in [1.807, 2.05) is 29.2 Å². The Balaban J connectivity index is 1.15. The number of pyridine rings is 1. The molecule has 2 aliphatic rings. The largest absolute Gasteiger partial charge is 0.353 e. The van der Waals surface area contributed by atoms with E-state index in [4.69, 9.17) is 0 Å². The van der Waals surface area contributed by atoms with Crippen molar-refractivity contribution in [2.75, 3.05) is 37.6 Å². The van der Waals surface area contributed by atoms with Crippen LogP contribution in [0.15, 0.2) is 54.7 Å². The monoisotopic (exact) mass is 473 g/mol. The number of rotatable bonds is 6. The second kappa shape index (κ2) is 9.13. The van der Waals surface area contributed by atoms with E-state index in [-0.39, 0.29) is 36.4 Å². The summed E-state index contributed by atoms with van der Waals surface area (Å²) in [6.45, 7) is 2.34. The number of carbonyl (C=O) groups excluding carboxylic acids is 3. The number of amides is 3. The predicted octanol–water partition coefficient (Wildman–Crippen LogP) is 2.87. The molecule has 2 aromatic carbocycles. The van der Waals surface area contributed by atoms with Gasteiger partial charge < -0.3 is 9.80 Å². The van der Waals surface area contributed by atoms with Crippen LogP contribution in [0.3, 0.4) is 0 Å². The number of hydrogen-bond acceptors (Lipinski definition) is 7. The zero-order chi connectivity index (χ0) is 24.5. The van der Waals surface area contributed by atoms with Gasteiger partial charge in [0.15, 0.2) is 0 Å². The van der Waals surface area contributed by atoms with Crippen LogP contribution < -0.4 is 4.90 Å². The number of anilines is 1. The van der Waals surface area contributed by atoms with Crippen LogP contribution in [0.4, 0.5) is 11.5 Å². The maximum Gasteiger partial charge on any atom is 0.287 e. The molecule has 10 nitrogen and oxygen atoms in total. The first kappa shape index (κ1) is 22.5. The topological polar surface area (TPSA) is 117 Å². The molecular formula is C25H23N5O5. The highest BCUT2D eigenvalue weighted by Crippen LogP contribution is 2.30. The van der Waals surface area contributed by atoms with Crippen molar-refractivity contribution in [3.05, 3.63) is 76.0 Å². The van der Waals surface area contributed by atoms with Crippen LogP contribution in [0, 0.1) is 10.1 Å². The lowest BCUT2D eigenvalue weighted by Crippen LogP contribution is -2.49. The van der Waals surface area contributed by atoms with Crippen molar-refractivity contribution in [3.8, 4) is 0 Å². The number of piperazine rings is 1. The predicted molar refractivity (Wildman–Crippen MR) is 128 cm³/mol. The minimum atomic E-state index is -0.489. The molecular weight excluding hydrogens is 450 g/mol. The van der Waals surface area contributed by atoms with Crippen LogP contribution in [0.1, 0.15) is 33.6 Å². The third-order valence-corrected chi connectivity index (χ3v) is 6.53. The van der Waals surface area contributed by atoms with Crippen molar-refractivity contribution in [2.45, 2.75) is 12.8 Å². The van der Waals surface area contributed by atoms with Crippen molar-refractivity contribution in [3.63, 3.8) is 0 Å². The maximum absolute atomic E-state index is 13.0. The molecule has 1 fully saturated rings. The normalized spacial score (nSPS) is 15.6. The van der Waals surface area contributed by atoms with Gasteiger partial charge in [-0.1, -0.05) is 24.3 Å². The lowest BCUT2D eigenvalue weighted by molar-refractivity contribution is -0.385. The number of benzene rings is 2. The standard InChI is InChI=1S/C25H23N5O5/c31-22(28-14-12-27(13-15-28)21-10-9-18(16-26-21)30(34)35)8-3-11-29-24(32)19-6-1-4-17-5-2-7-20(23(17)19)25(29)33/h1-2,4-7,9-10,16H,3,8,11-15H2. The fourth-order valence-corrected chi connectivity index (χ4v) is 4.69. The number of aromatic nitrogens is 1. The Bertz CT molecular complexity index is 1280. The van der Waals surface area contributed by atoms with Crippen molar-refractivity contribution in [1.29, 1.82) is 0 Å². The molecule has 10 heteroatoms. The Hall–Kier alpha value is -4.34. The molecule has 3 amide bonds. The highest BCUT2D eigenvalue weighted by atomic mass is 16.6. The minimum Gasteiger partial charge on any atom is -0.353 e. The Morgan fingerprint density at radius 1 is 0.943 bits per heavy atom. The van der Waals surface area contributed by atoms with E-state index < -0.39 is 4.92 Å². The highest BCUT2D eigenvalue weighted by molar-refractivity contribution is 6.25. The van der Waals surface area contributed by atoms with Crippen LogP contribution in [0.25, 0.3) is 10.8 Å². The number of hydrogen-bond donors (Lipinski definition) is 0. The average molecular weight is 473 g/mol. The summed E-state index contributed by atoms with van der Waals surface area (Å²) in [7, 11) is 0. The number of imide groups is 1. The van der Waals surface area contributed by atoms with E-state index >= 15 is 0 Å². The molecule has 0 N–H and O–H groups in total. The summed E-state index contributed by atoms with van der Waals surface area (Å²) in [5, 5.41) is 12.3. The van der Waals surface area contributed by atoms with Crippen LogP contribution in [-0.2, 0) is 4.79 Å². The summed E-state index contributed by atoms with van der Waals surface area (Å²) in [6, 6.07) is 13.9. The van der Waals surface area contributed by atoms with Gasteiger partial charge in [0, 0.05) is 61.7 Å². The molecule has 3 aromatic rings. The van der Waals surface area contributed by atoms with Crippen LogP contribution in [-0.4, -0.2) is 70.2 Å². The van der Waals surface area contributed by atoms with Gasteiger partial charge in [-0.15, -0.1) is 0 Å². The molecule has 0 saturated carbocycles. The molecule has 0 bridgehead atoms. The zero-order valence-electron chi connectivity index (χ0n) is 18.9. The van der Waals surface area contributed by atoms with E-state index in [9.17, 15) is 24.5 Å². The molecule has 0 atom stereocenters. The van der Waals surface area contributed by atoms with E-state index in [0.29, 0.717) is 54.9 Å². The molecule has 0 radical (unpaired) electrons. The van der Waals surface area contributed by atoms with Gasteiger partial charge in [-0.2, -0.15) is 0 Å². The molecule has 3 heterocycles. The second-order valence-electron chi connectivity index (χ2n) is 8.57. The summed E-state index contributed by atoms with van der Waals surface area (Å²) < 4.78 is 0. The van der Waals surface area contributed by atoms with Gasteiger partial charge in [0.05, 0.1) is 4.92 Å². The summed E-state index contributed by atoms with van der Waals surface area (Å²) in [5.41, 5.74) is 0.966. The smallest absolute Gasteiger partial charge is 0.287 e. The van der Waals surface area contributed by atoms with Crippen molar-refractivity contribution < 1.29 is 19.3 Å². The van der Waals surface area contributed by atoms with Gasteiger partial charge in [-0.3, -0.25) is 29.4 Å². The molecule has 0 unspecified atom stereocenters. The van der Waals surface area contributed by atoms with Crippen LogP contribution >= 0.6 is 0 Å². The van der Waals surface area contributed by atoms with E-state index in [1.54, 1.807) is 23.1 Å². The molecule has 1 saturated heterocycles. The molecule has 5 rings (SSSR count). The molecule has 35 heavy (non-hydrogen) atoms. The van der Waals surface area contributed by atoms with Crippen molar-refractivity contribution >= 4 is 40.0 Å². The molecule has 0 spiro atoms. The Morgan fingerprint density at radius 2 is 1.60 bits per heavy atom. The second-order valence-corrected chi connectivity index (χ2v) is 8.57. The van der Waals surface area contributed by atoms with E-state index in [1.165, 1.54) is 17.2 Å². The van der Waals surface area contributed by atoms with Crippen LogP contribution in [0.2, 0.25) is 0 Å². The summed E-state index contributed by atoms with van der Waals surface area (Å²) in [5.74, 6) is -0.0345. The SMILES string of the molecule is O=C(CCCN1C(=O)c2cccc3cccc(c23)C1=O)N1CCN(c2ccc([N+](=O)[O-])cn2)CC1. The molecule has 178 valence electrons. The first-order valence-electron chi connectivity index (χ1n) is 11.4. The van der Waals surface area contributed by atoms with E-state index in [0.717, 1.165) is 5.39 Å². The lowest BCUT2D eigenvalue weighted by atomic mass is 9.94. The van der Waals surface area contributed by atoms with E-state index in [2.05, 4.69) is 4.98 Å². The van der Waals surface area contributed by atoms with Crippen molar-refractivity contribution in [2.24, 2.45) is 0 Å². The summed E-state index contributed by atoms with van der Waals surface area (Å²) in [4.78, 5) is 58.1. The first-order chi connectivity index (χ1) is 16.9. The fourth-order valence-electron chi connectivity index (χ4n) is 4.69. The average Bonchev–Trinajstić information content (AvgIpc) is 2.89. The molecule has 2 aliphatic heterocycles. The third-order valence-electron chi connectivity index (χ3n) is 6.53. The Morgan fingerprint density at radius 3 is 2.17 bits per heavy atom. The molecule has 1 aromatic heterocycles. The van der Waals surface area contributed by atoms with Crippen LogP contribution in [0.5, 0.6) is 0 Å². The first-order valence-corrected chi connectivity index (χ1v) is 11.4. The number of nitro groups is 1. The maximum atomic E-state index is 13.0. The summed E-state index contributed by atoms with van der Waals surface area (Å²) in [6.07, 6.45) is 1.85. The zero-order valence-corrected chi connectivity index (χ0v) is 18.9. The fraction of sp³-hybridized carbons (Fsp3) is 0.280. The van der Waals surface area contributed by atoms with Gasteiger partial charge in [-0.05, 0) is 30.0 Å². The Labute approximate surface area is 200 Å². The quantitative estimate of drug-likeness (QED) is 0.307. The minimum absolute atomic E-state index is 0.0271. The van der Waals surface area contributed by atoms with Gasteiger partial charge >= 0.3 is 0 Å². The number of nitrogens with zero attached hydrogens (tertiary/aromatic N) is 5. The summed E-state index contributed by atoms with van der Waals surface area (Å²) >= 11 is 0. The third kappa shape index (κ3) is 4.18. The lowest BCUT2D eigenvalue weighted by Gasteiger charge is -2.35. The van der Waals surface area contributed by atoms with Crippen molar-refractivity contribution in [1.82, 2.24) is 14.8 Å². The Kier molecular flexibility index (Phi) is 5.86. The van der Waals surface area contributed by atoms with Gasteiger partial charge in [0.2, 0.25) is 5.91 Å². The van der Waals surface area contributed by atoms with Gasteiger partial charge in [0.25, 0.3) is 17.5 Å². The number of carbonyl (C=O) groups is 3. The van der Waals surface area contributed by atoms with Gasteiger partial charge in [-0.25, -0.2) is 4.98 Å². The van der Waals surface area contributed by atoms with Gasteiger partial charge in [0.1, 0.15) is 12.0 Å². The molecule has 0 aliphatic carbocycles.